The van der Waals surface area contributed by atoms with Crippen LogP contribution in [-0.4, -0.2) is 49.8 Å². The number of rotatable bonds is 5. The molecule has 6 nitrogen and oxygen atoms in total. The second kappa shape index (κ2) is 7.07. The standard InChI is InChI=1S/C17H30N4O2/c1-3-18-16(20-12-6-7-15(22)19-11-12)21-13-10-14(23-4-2)17(13)8-5-9-17/h12-14H,3-11H2,1-2H3,(H,19,22)(H2,18,20,21). The first kappa shape index (κ1) is 16.6. The van der Waals surface area contributed by atoms with Crippen molar-refractivity contribution in [1.29, 1.82) is 0 Å². The van der Waals surface area contributed by atoms with E-state index in [1.807, 2.05) is 0 Å². The molecule has 3 N–H and O–H groups in total. The van der Waals surface area contributed by atoms with E-state index in [-0.39, 0.29) is 11.9 Å². The van der Waals surface area contributed by atoms with Gasteiger partial charge in [0.05, 0.1) is 6.10 Å². The van der Waals surface area contributed by atoms with E-state index in [0.29, 0.717) is 30.5 Å². The predicted octanol–water partition coefficient (Wildman–Crippen LogP) is 1.17. The summed E-state index contributed by atoms with van der Waals surface area (Å²) in [5.74, 6) is 1.04. The molecule has 3 aliphatic rings. The highest BCUT2D eigenvalue weighted by Gasteiger charge is 2.59. The molecule has 3 unspecified atom stereocenters. The van der Waals surface area contributed by atoms with Gasteiger partial charge >= 0.3 is 0 Å². The highest BCUT2D eigenvalue weighted by molar-refractivity contribution is 5.81. The maximum absolute atomic E-state index is 11.3. The maximum atomic E-state index is 11.3. The number of piperidine rings is 1. The van der Waals surface area contributed by atoms with Crippen molar-refractivity contribution in [2.75, 3.05) is 19.7 Å². The number of carbonyl (C=O) groups excluding carboxylic acids is 1. The fraction of sp³-hybridized carbons (Fsp3) is 0.882. The van der Waals surface area contributed by atoms with Gasteiger partial charge in [-0.3, -0.25) is 9.79 Å². The lowest BCUT2D eigenvalue weighted by Crippen LogP contribution is -2.69. The lowest BCUT2D eigenvalue weighted by molar-refractivity contribution is -0.168. The third kappa shape index (κ3) is 3.32. The Kier molecular flexibility index (Phi) is 5.09. The number of nitrogens with one attached hydrogen (secondary N) is 3. The number of guanidine groups is 1. The first-order valence-electron chi connectivity index (χ1n) is 9.13. The van der Waals surface area contributed by atoms with Gasteiger partial charge in [-0.05, 0) is 39.5 Å². The molecule has 0 aromatic rings. The minimum Gasteiger partial charge on any atom is -0.378 e. The fourth-order valence-electron chi connectivity index (χ4n) is 4.15. The van der Waals surface area contributed by atoms with Crippen molar-refractivity contribution in [3.8, 4) is 0 Å². The Labute approximate surface area is 138 Å². The Morgan fingerprint density at radius 1 is 1.39 bits per heavy atom. The average molecular weight is 322 g/mol. The largest absolute Gasteiger partial charge is 0.378 e. The summed E-state index contributed by atoms with van der Waals surface area (Å²) in [4.78, 5) is 15.9. The summed E-state index contributed by atoms with van der Waals surface area (Å²) in [5.41, 5.74) is 0.326. The summed E-state index contributed by atoms with van der Waals surface area (Å²) in [6, 6.07) is 0.731. The summed E-state index contributed by atoms with van der Waals surface area (Å²) >= 11 is 0. The van der Waals surface area contributed by atoms with Gasteiger partial charge in [0.2, 0.25) is 5.91 Å². The maximum Gasteiger partial charge on any atom is 0.220 e. The van der Waals surface area contributed by atoms with E-state index in [0.717, 1.165) is 32.0 Å². The van der Waals surface area contributed by atoms with Gasteiger partial charge in [0.15, 0.2) is 5.96 Å². The van der Waals surface area contributed by atoms with Crippen LogP contribution in [0.2, 0.25) is 0 Å². The van der Waals surface area contributed by atoms with Gasteiger partial charge in [-0.15, -0.1) is 0 Å². The van der Waals surface area contributed by atoms with Gasteiger partial charge in [0, 0.05) is 43.6 Å². The molecule has 0 aromatic heterocycles. The highest BCUT2D eigenvalue weighted by atomic mass is 16.5. The molecule has 3 atom stereocenters. The third-order valence-electron chi connectivity index (χ3n) is 5.67. The van der Waals surface area contributed by atoms with Gasteiger partial charge in [0.1, 0.15) is 0 Å². The van der Waals surface area contributed by atoms with Crippen LogP contribution in [-0.2, 0) is 9.53 Å². The van der Waals surface area contributed by atoms with Gasteiger partial charge < -0.3 is 20.7 Å². The molecular weight excluding hydrogens is 292 g/mol. The monoisotopic (exact) mass is 322 g/mol. The van der Waals surface area contributed by atoms with Crippen molar-refractivity contribution >= 4 is 11.9 Å². The molecule has 1 aliphatic heterocycles. The molecule has 23 heavy (non-hydrogen) atoms. The number of amides is 1. The van der Waals surface area contributed by atoms with Gasteiger partial charge in [-0.2, -0.15) is 0 Å². The number of hydrogen-bond donors (Lipinski definition) is 3. The van der Waals surface area contributed by atoms with E-state index in [1.54, 1.807) is 0 Å². The van der Waals surface area contributed by atoms with Crippen LogP contribution >= 0.6 is 0 Å². The Bertz CT molecular complexity index is 452. The Morgan fingerprint density at radius 2 is 2.22 bits per heavy atom. The summed E-state index contributed by atoms with van der Waals surface area (Å²) < 4.78 is 5.92. The Balaban J connectivity index is 1.56. The quantitative estimate of drug-likeness (QED) is 0.525. The number of aliphatic imine (C=N–C) groups is 1. The highest BCUT2D eigenvalue weighted by Crippen LogP contribution is 2.57. The molecule has 6 heteroatoms. The SMILES string of the molecule is CCN=C(NC1CCC(=O)NC1)NC1CC(OCC)C12CCC2. The number of carbonyl (C=O) groups is 1. The number of hydrogen-bond acceptors (Lipinski definition) is 3. The molecule has 0 bridgehead atoms. The van der Waals surface area contributed by atoms with E-state index in [4.69, 9.17) is 4.74 Å². The molecule has 1 heterocycles. The van der Waals surface area contributed by atoms with Crippen LogP contribution < -0.4 is 16.0 Å². The number of ether oxygens (including phenoxy) is 1. The van der Waals surface area contributed by atoms with Crippen molar-refractivity contribution < 1.29 is 9.53 Å². The predicted molar refractivity (Wildman–Crippen MR) is 90.4 cm³/mol. The molecule has 3 rings (SSSR count). The fourth-order valence-corrected chi connectivity index (χ4v) is 4.15. The summed E-state index contributed by atoms with van der Waals surface area (Å²) in [6.45, 7) is 6.36. The molecule has 0 radical (unpaired) electrons. The van der Waals surface area contributed by atoms with Crippen molar-refractivity contribution in [1.82, 2.24) is 16.0 Å². The molecule has 3 fully saturated rings. The van der Waals surface area contributed by atoms with Crippen molar-refractivity contribution in [2.45, 2.75) is 70.6 Å². The van der Waals surface area contributed by atoms with Crippen LogP contribution in [0, 0.1) is 5.41 Å². The van der Waals surface area contributed by atoms with Gasteiger partial charge in [-0.25, -0.2) is 0 Å². The zero-order valence-electron chi connectivity index (χ0n) is 14.4. The van der Waals surface area contributed by atoms with Crippen LogP contribution in [0.3, 0.4) is 0 Å². The first-order valence-corrected chi connectivity index (χ1v) is 9.13. The summed E-state index contributed by atoms with van der Waals surface area (Å²) in [7, 11) is 0. The van der Waals surface area contributed by atoms with Gasteiger partial charge in [-0.1, -0.05) is 6.42 Å². The summed E-state index contributed by atoms with van der Waals surface area (Å²) in [6.07, 6.45) is 6.77. The zero-order chi connectivity index (χ0) is 16.3. The van der Waals surface area contributed by atoms with Crippen molar-refractivity contribution in [3.63, 3.8) is 0 Å². The van der Waals surface area contributed by atoms with E-state index < -0.39 is 0 Å². The molecule has 2 aliphatic carbocycles. The van der Waals surface area contributed by atoms with Crippen LogP contribution in [0.1, 0.15) is 52.4 Å². The average Bonchev–Trinajstić information content (AvgIpc) is 2.47. The van der Waals surface area contributed by atoms with Crippen LogP contribution in [0.25, 0.3) is 0 Å². The van der Waals surface area contributed by atoms with E-state index in [1.165, 1.54) is 19.3 Å². The molecule has 1 amide bonds. The minimum atomic E-state index is 0.150. The molecule has 1 spiro atoms. The smallest absolute Gasteiger partial charge is 0.220 e. The van der Waals surface area contributed by atoms with Crippen LogP contribution in [0.4, 0.5) is 0 Å². The Hall–Kier alpha value is -1.30. The van der Waals surface area contributed by atoms with Crippen LogP contribution in [0.15, 0.2) is 4.99 Å². The number of nitrogens with zero attached hydrogens (tertiary/aromatic N) is 1. The summed E-state index contributed by atoms with van der Waals surface area (Å²) in [5, 5.41) is 10.1. The molecule has 0 aromatic carbocycles. The van der Waals surface area contributed by atoms with Gasteiger partial charge in [0.25, 0.3) is 0 Å². The first-order chi connectivity index (χ1) is 11.2. The second-order valence-corrected chi connectivity index (χ2v) is 6.97. The molecule has 2 saturated carbocycles. The second-order valence-electron chi connectivity index (χ2n) is 6.97. The van der Waals surface area contributed by atoms with Crippen molar-refractivity contribution in [3.05, 3.63) is 0 Å². The topological polar surface area (TPSA) is 74.8 Å². The van der Waals surface area contributed by atoms with Crippen LogP contribution in [0.5, 0.6) is 0 Å². The Morgan fingerprint density at radius 3 is 2.78 bits per heavy atom. The van der Waals surface area contributed by atoms with E-state index >= 15 is 0 Å². The molecule has 1 saturated heterocycles. The lowest BCUT2D eigenvalue weighted by Gasteiger charge is -2.61. The molecular formula is C17H30N4O2. The molecule has 130 valence electrons. The van der Waals surface area contributed by atoms with Crippen molar-refractivity contribution in [2.24, 2.45) is 10.4 Å². The zero-order valence-corrected chi connectivity index (χ0v) is 14.4. The lowest BCUT2D eigenvalue weighted by atomic mass is 9.51. The third-order valence-corrected chi connectivity index (χ3v) is 5.67. The van der Waals surface area contributed by atoms with E-state index in [9.17, 15) is 4.79 Å². The van der Waals surface area contributed by atoms with E-state index in [2.05, 4.69) is 34.8 Å². The normalized spacial score (nSPS) is 32.7. The minimum absolute atomic E-state index is 0.150.